The molecule has 19 heteroatoms. The van der Waals surface area contributed by atoms with Crippen molar-refractivity contribution in [1.82, 2.24) is 24.5 Å². The lowest BCUT2D eigenvalue weighted by atomic mass is 9.87. The number of hydrogen-bond acceptors (Lipinski definition) is 10. The number of aromatic amines is 1. The van der Waals surface area contributed by atoms with Crippen molar-refractivity contribution in [2.24, 2.45) is 0 Å². The van der Waals surface area contributed by atoms with Crippen LogP contribution in [0.3, 0.4) is 0 Å². The van der Waals surface area contributed by atoms with Crippen LogP contribution < -0.4 is 19.8 Å². The molecule has 0 saturated carbocycles. The summed E-state index contributed by atoms with van der Waals surface area (Å²) < 4.78 is 74.1. The smallest absolute Gasteiger partial charge is 0.301 e. The van der Waals surface area contributed by atoms with Crippen molar-refractivity contribution in [2.45, 2.75) is 50.5 Å². The van der Waals surface area contributed by atoms with Crippen molar-refractivity contribution < 1.29 is 45.9 Å². The highest BCUT2D eigenvalue weighted by Crippen LogP contribution is 2.35. The molecular weight excluding hydrogens is 854 g/mol. The Kier molecular flexibility index (Phi) is 12.2. The van der Waals surface area contributed by atoms with Crippen LogP contribution >= 0.6 is 0 Å². The van der Waals surface area contributed by atoms with Gasteiger partial charge in [0.25, 0.3) is 0 Å². The first kappa shape index (κ1) is 44.3. The molecule has 0 radical (unpaired) electrons. The number of ketones is 1. The molecule has 8 rings (SSSR count). The van der Waals surface area contributed by atoms with E-state index in [0.29, 0.717) is 73.5 Å². The predicted molar refractivity (Wildman–Crippen MR) is 233 cm³/mol. The Hall–Kier alpha value is -6.31. The molecule has 3 aliphatic heterocycles. The van der Waals surface area contributed by atoms with E-state index in [2.05, 4.69) is 24.9 Å². The van der Waals surface area contributed by atoms with Crippen LogP contribution in [0.5, 0.6) is 0 Å². The molecule has 4 N–H and O–H groups in total. The summed E-state index contributed by atoms with van der Waals surface area (Å²) in [4.78, 5) is 63.9. The molecule has 0 bridgehead atoms. The molecule has 2 aromatic heterocycles. The number of carbonyl (C=O) groups is 4. The molecule has 3 aromatic carbocycles. The van der Waals surface area contributed by atoms with Gasteiger partial charge in [-0.05, 0) is 72.9 Å². The Balaban J connectivity index is 0.862. The van der Waals surface area contributed by atoms with Crippen LogP contribution in [-0.2, 0) is 24.6 Å². The highest BCUT2D eigenvalue weighted by atomic mass is 32.2. The number of nitrogens with zero attached hydrogens (tertiary/aromatic N) is 5. The fourth-order valence-electron chi connectivity index (χ4n) is 8.53. The topological polar surface area (TPSA) is 188 Å². The third-order valence-corrected chi connectivity index (χ3v) is 14.1. The maximum atomic E-state index is 15.6. The number of pyridine rings is 1. The number of imide groups is 1. The normalized spacial score (nSPS) is 18.1. The van der Waals surface area contributed by atoms with Gasteiger partial charge in [0, 0.05) is 93.9 Å². The van der Waals surface area contributed by atoms with Crippen molar-refractivity contribution in [3.05, 3.63) is 107 Å². The van der Waals surface area contributed by atoms with Gasteiger partial charge in [-0.25, -0.2) is 18.2 Å². The van der Waals surface area contributed by atoms with E-state index in [1.54, 1.807) is 36.2 Å². The van der Waals surface area contributed by atoms with Crippen LogP contribution in [0.15, 0.2) is 73.1 Å². The maximum absolute atomic E-state index is 15.6. The average Bonchev–Trinajstić information content (AvgIpc) is 3.71. The minimum absolute atomic E-state index is 0.0477. The minimum atomic E-state index is -4.16. The number of rotatable bonds is 12. The van der Waals surface area contributed by atoms with E-state index < -0.39 is 62.1 Å². The zero-order valence-electron chi connectivity index (χ0n) is 35.2. The number of benzene rings is 3. The molecule has 0 spiro atoms. The van der Waals surface area contributed by atoms with Gasteiger partial charge in [0.1, 0.15) is 17.3 Å². The molecule has 3 saturated heterocycles. The van der Waals surface area contributed by atoms with E-state index in [1.165, 1.54) is 19.3 Å². The first-order valence-electron chi connectivity index (χ1n) is 21.0. The van der Waals surface area contributed by atoms with Crippen molar-refractivity contribution in [3.63, 3.8) is 0 Å². The largest absolute Gasteiger partial charge is 0.389 e. The zero-order valence-corrected chi connectivity index (χ0v) is 36.0. The van der Waals surface area contributed by atoms with E-state index in [0.717, 1.165) is 27.7 Å². The van der Waals surface area contributed by atoms with Gasteiger partial charge in [-0.3, -0.25) is 29.2 Å². The van der Waals surface area contributed by atoms with Crippen molar-refractivity contribution >= 4 is 61.8 Å². The second-order valence-corrected chi connectivity index (χ2v) is 18.3. The standard InChI is InChI=1S/C45H47F3N8O7S/c1-3-53(2)64(62,63)52-36-11-10-34(46)40(41(36)48)42(59)33-26-50-43-32(33)22-29(25-49-43)27-4-7-30(8-5-27)54-18-20-56(21-19-54)39(58)24-45(61)14-16-55(17-15-45)37-12-6-28(23-35(37)47)31-9-13-38(57)51-44(31)60/h4-8,10-12,22-23,25-26,31,52,61H,3,9,13-21,24H2,1-2H3,(H,49,50)(H,51,57,60). The van der Waals surface area contributed by atoms with Crippen molar-refractivity contribution in [2.75, 3.05) is 67.4 Å². The summed E-state index contributed by atoms with van der Waals surface area (Å²) in [6, 6.07) is 15.7. The molecular formula is C45H47F3N8O7S. The van der Waals surface area contributed by atoms with E-state index in [1.807, 2.05) is 29.2 Å². The molecule has 3 aliphatic rings. The van der Waals surface area contributed by atoms with Crippen LogP contribution in [0.2, 0.25) is 0 Å². The monoisotopic (exact) mass is 900 g/mol. The number of fused-ring (bicyclic) bond motifs is 1. The fraction of sp³-hybridized carbons (Fsp3) is 0.356. The number of aliphatic hydroxyl groups is 1. The predicted octanol–water partition coefficient (Wildman–Crippen LogP) is 5.08. The molecule has 3 fully saturated rings. The van der Waals surface area contributed by atoms with Crippen LogP contribution in [-0.4, -0.2) is 115 Å². The average molecular weight is 901 g/mol. The number of halogens is 3. The molecule has 15 nitrogen and oxygen atoms in total. The van der Waals surface area contributed by atoms with Gasteiger partial charge < -0.3 is 24.8 Å². The molecule has 1 unspecified atom stereocenters. The Labute approximate surface area is 367 Å². The number of nitrogens with one attached hydrogen (secondary N) is 3. The number of anilines is 3. The number of piperidine rings is 2. The Bertz CT molecular complexity index is 2750. The van der Waals surface area contributed by atoms with E-state index in [9.17, 15) is 32.7 Å². The van der Waals surface area contributed by atoms with Gasteiger partial charge in [0.05, 0.1) is 34.9 Å². The molecule has 336 valence electrons. The summed E-state index contributed by atoms with van der Waals surface area (Å²) in [6.07, 6.45) is 3.93. The van der Waals surface area contributed by atoms with Gasteiger partial charge in [-0.1, -0.05) is 25.1 Å². The second-order valence-electron chi connectivity index (χ2n) is 16.5. The van der Waals surface area contributed by atoms with Gasteiger partial charge in [0.15, 0.2) is 5.82 Å². The Morgan fingerprint density at radius 2 is 1.64 bits per heavy atom. The summed E-state index contributed by atoms with van der Waals surface area (Å²) in [5.74, 6) is -5.50. The van der Waals surface area contributed by atoms with Gasteiger partial charge in [-0.15, -0.1) is 0 Å². The first-order valence-corrected chi connectivity index (χ1v) is 22.5. The first-order chi connectivity index (χ1) is 30.5. The van der Waals surface area contributed by atoms with Gasteiger partial charge >= 0.3 is 10.2 Å². The molecule has 0 aliphatic carbocycles. The molecule has 1 atom stereocenters. The third kappa shape index (κ3) is 8.91. The summed E-state index contributed by atoms with van der Waals surface area (Å²) in [6.45, 7) is 4.37. The van der Waals surface area contributed by atoms with Crippen molar-refractivity contribution in [3.8, 4) is 11.1 Å². The van der Waals surface area contributed by atoms with Crippen LogP contribution in [0.25, 0.3) is 22.2 Å². The van der Waals surface area contributed by atoms with Crippen LogP contribution in [0.1, 0.15) is 66.4 Å². The summed E-state index contributed by atoms with van der Waals surface area (Å²) in [5, 5.41) is 14.0. The summed E-state index contributed by atoms with van der Waals surface area (Å²) in [5.41, 5.74) is 0.691. The minimum Gasteiger partial charge on any atom is -0.389 e. The zero-order chi connectivity index (χ0) is 45.5. The summed E-state index contributed by atoms with van der Waals surface area (Å²) >= 11 is 0. The van der Waals surface area contributed by atoms with Crippen LogP contribution in [0, 0.1) is 17.5 Å². The van der Waals surface area contributed by atoms with E-state index in [-0.39, 0.29) is 49.6 Å². The maximum Gasteiger partial charge on any atom is 0.301 e. The summed E-state index contributed by atoms with van der Waals surface area (Å²) in [7, 11) is -2.87. The third-order valence-electron chi connectivity index (χ3n) is 12.5. The second kappa shape index (κ2) is 17.7. The Morgan fingerprint density at radius 3 is 2.31 bits per heavy atom. The molecule has 5 aromatic rings. The van der Waals surface area contributed by atoms with Gasteiger partial charge in [0.2, 0.25) is 23.5 Å². The number of carbonyl (C=O) groups excluding carboxylic acids is 4. The lowest BCUT2D eigenvalue weighted by molar-refractivity contribution is -0.138. The molecule has 3 amide bonds. The molecule has 64 heavy (non-hydrogen) atoms. The number of aromatic nitrogens is 2. The Morgan fingerprint density at radius 1 is 0.922 bits per heavy atom. The number of H-pyrrole nitrogens is 1. The molecule has 5 heterocycles. The van der Waals surface area contributed by atoms with Gasteiger partial charge in [-0.2, -0.15) is 12.7 Å². The van der Waals surface area contributed by atoms with E-state index >= 15 is 13.2 Å². The highest BCUT2D eigenvalue weighted by Gasteiger charge is 2.37. The number of piperazine rings is 1. The lowest BCUT2D eigenvalue weighted by Crippen LogP contribution is -2.52. The fourth-order valence-corrected chi connectivity index (χ4v) is 9.46. The quantitative estimate of drug-likeness (QED) is 0.0972. The highest BCUT2D eigenvalue weighted by molar-refractivity contribution is 7.90. The number of amides is 3. The van der Waals surface area contributed by atoms with Crippen molar-refractivity contribution in [1.29, 1.82) is 0 Å². The van der Waals surface area contributed by atoms with E-state index in [4.69, 9.17) is 0 Å². The lowest BCUT2D eigenvalue weighted by Gasteiger charge is -2.41. The van der Waals surface area contributed by atoms with Crippen LogP contribution in [0.4, 0.5) is 30.2 Å². The SMILES string of the molecule is CCN(C)S(=O)(=O)Nc1ccc(F)c(C(=O)c2c[nH]c3ncc(-c4ccc(N5CCN(C(=O)CC6(O)CCN(c7ccc(C8CCC(=O)NC8=O)cc7F)CC6)CC5)cc4)cc23)c1F. The number of hydrogen-bond donors (Lipinski definition) is 4.